The van der Waals surface area contributed by atoms with E-state index in [1.807, 2.05) is 0 Å². The van der Waals surface area contributed by atoms with Gasteiger partial charge < -0.3 is 4.74 Å². The SMILES string of the molecule is CCCCCCCC[Si](C)(C)CCC1CCC2OC2C1. The Morgan fingerprint density at radius 2 is 1.65 bits per heavy atom. The molecule has 3 atom stereocenters. The highest BCUT2D eigenvalue weighted by molar-refractivity contribution is 6.77. The van der Waals surface area contributed by atoms with Crippen molar-refractivity contribution in [1.82, 2.24) is 0 Å². The second-order valence-corrected chi connectivity index (χ2v) is 13.4. The van der Waals surface area contributed by atoms with E-state index in [1.54, 1.807) is 12.1 Å². The van der Waals surface area contributed by atoms with Crippen LogP contribution in [0.4, 0.5) is 0 Å². The van der Waals surface area contributed by atoms with E-state index < -0.39 is 8.07 Å². The van der Waals surface area contributed by atoms with Gasteiger partial charge in [0.05, 0.1) is 12.2 Å². The summed E-state index contributed by atoms with van der Waals surface area (Å²) >= 11 is 0. The summed E-state index contributed by atoms with van der Waals surface area (Å²) in [4.78, 5) is 0. The fourth-order valence-electron chi connectivity index (χ4n) is 3.85. The standard InChI is InChI=1S/C18H36OSi/c1-4-5-6-7-8-9-13-20(2,3)14-12-16-10-11-17-18(15-16)19-17/h16-18H,4-15H2,1-3H3. The molecule has 2 rings (SSSR count). The Kier molecular flexibility index (Phi) is 6.60. The molecule has 0 bridgehead atoms. The molecule has 0 aromatic heterocycles. The van der Waals surface area contributed by atoms with E-state index in [4.69, 9.17) is 4.74 Å². The lowest BCUT2D eigenvalue weighted by Crippen LogP contribution is -2.26. The van der Waals surface area contributed by atoms with Gasteiger partial charge >= 0.3 is 0 Å². The minimum absolute atomic E-state index is 0.678. The van der Waals surface area contributed by atoms with Crippen LogP contribution in [0, 0.1) is 5.92 Å². The molecule has 0 radical (unpaired) electrons. The first-order valence-electron chi connectivity index (χ1n) is 9.26. The zero-order valence-corrected chi connectivity index (χ0v) is 15.1. The highest BCUT2D eigenvalue weighted by atomic mass is 28.3. The van der Waals surface area contributed by atoms with Crippen LogP contribution >= 0.6 is 0 Å². The number of unbranched alkanes of at least 4 members (excludes halogenated alkanes) is 5. The van der Waals surface area contributed by atoms with Gasteiger partial charge in [0.1, 0.15) is 0 Å². The Labute approximate surface area is 127 Å². The Bertz CT molecular complexity index is 277. The number of fused-ring (bicyclic) bond motifs is 1. The first kappa shape index (κ1) is 16.5. The maximum atomic E-state index is 5.66. The highest BCUT2D eigenvalue weighted by Crippen LogP contribution is 2.41. The number of hydrogen-bond acceptors (Lipinski definition) is 1. The van der Waals surface area contributed by atoms with E-state index >= 15 is 0 Å². The van der Waals surface area contributed by atoms with Gasteiger partial charge in [-0.25, -0.2) is 0 Å². The van der Waals surface area contributed by atoms with Crippen LogP contribution in [0.15, 0.2) is 0 Å². The molecule has 0 N–H and O–H groups in total. The Hall–Kier alpha value is 0.177. The summed E-state index contributed by atoms with van der Waals surface area (Å²) in [6, 6.07) is 3.12. The Balaban J connectivity index is 1.51. The molecule has 2 fully saturated rings. The van der Waals surface area contributed by atoms with E-state index in [1.165, 1.54) is 64.2 Å². The van der Waals surface area contributed by atoms with Gasteiger partial charge in [0.2, 0.25) is 0 Å². The molecule has 1 saturated carbocycles. The summed E-state index contributed by atoms with van der Waals surface area (Å²) in [5.74, 6) is 0.995. The number of rotatable bonds is 10. The van der Waals surface area contributed by atoms with E-state index in [-0.39, 0.29) is 0 Å². The average molecular weight is 297 g/mol. The maximum Gasteiger partial charge on any atom is 0.0844 e. The van der Waals surface area contributed by atoms with Crippen LogP contribution in [0.1, 0.15) is 71.1 Å². The van der Waals surface area contributed by atoms with Gasteiger partial charge in [0.15, 0.2) is 0 Å². The maximum absolute atomic E-state index is 5.66. The second-order valence-electron chi connectivity index (χ2n) is 8.11. The molecule has 2 heteroatoms. The minimum Gasteiger partial charge on any atom is -0.370 e. The van der Waals surface area contributed by atoms with Gasteiger partial charge in [-0.3, -0.25) is 0 Å². The van der Waals surface area contributed by atoms with Gasteiger partial charge in [-0.2, -0.15) is 0 Å². The lowest BCUT2D eigenvalue weighted by atomic mass is 9.87. The molecule has 1 heterocycles. The summed E-state index contributed by atoms with van der Waals surface area (Å²) in [6.45, 7) is 7.55. The molecule has 0 spiro atoms. The minimum atomic E-state index is -0.905. The van der Waals surface area contributed by atoms with Crippen LogP contribution in [0.3, 0.4) is 0 Å². The molecule has 0 amide bonds. The third-order valence-electron chi connectivity index (χ3n) is 5.55. The van der Waals surface area contributed by atoms with Crippen LogP contribution in [-0.2, 0) is 4.74 Å². The molecule has 0 aromatic carbocycles. The van der Waals surface area contributed by atoms with Crippen molar-refractivity contribution in [2.75, 3.05) is 0 Å². The molecule has 0 aromatic rings. The normalized spacial score (nSPS) is 29.2. The van der Waals surface area contributed by atoms with E-state index in [9.17, 15) is 0 Å². The van der Waals surface area contributed by atoms with Crippen molar-refractivity contribution >= 4 is 8.07 Å². The average Bonchev–Trinajstić information content (AvgIpc) is 3.19. The fraction of sp³-hybridized carbons (Fsp3) is 1.00. The molecule has 118 valence electrons. The van der Waals surface area contributed by atoms with Crippen LogP contribution in [0.2, 0.25) is 25.2 Å². The fourth-order valence-corrected chi connectivity index (χ4v) is 6.50. The quantitative estimate of drug-likeness (QED) is 0.273. The molecule has 1 aliphatic heterocycles. The summed E-state index contributed by atoms with van der Waals surface area (Å²) in [7, 11) is -0.905. The third-order valence-corrected chi connectivity index (χ3v) is 8.90. The first-order valence-corrected chi connectivity index (χ1v) is 12.7. The van der Waals surface area contributed by atoms with Crippen LogP contribution < -0.4 is 0 Å². The first-order chi connectivity index (χ1) is 9.61. The van der Waals surface area contributed by atoms with E-state index in [0.29, 0.717) is 12.2 Å². The molecule has 1 nitrogen and oxygen atoms in total. The largest absolute Gasteiger partial charge is 0.370 e. The third kappa shape index (κ3) is 5.89. The summed E-state index contributed by atoms with van der Waals surface area (Å²) in [5, 5.41) is 0. The molecule has 20 heavy (non-hydrogen) atoms. The van der Waals surface area contributed by atoms with Gasteiger partial charge in [0, 0.05) is 8.07 Å². The topological polar surface area (TPSA) is 12.5 Å². The van der Waals surface area contributed by atoms with E-state index in [0.717, 1.165) is 5.92 Å². The molecule has 3 unspecified atom stereocenters. The monoisotopic (exact) mass is 296 g/mol. The lowest BCUT2D eigenvalue weighted by molar-refractivity contribution is 0.357. The molecule has 1 aliphatic carbocycles. The van der Waals surface area contributed by atoms with Crippen molar-refractivity contribution in [3.05, 3.63) is 0 Å². The van der Waals surface area contributed by atoms with Gasteiger partial charge in [0.25, 0.3) is 0 Å². The Morgan fingerprint density at radius 1 is 0.900 bits per heavy atom. The van der Waals surface area contributed by atoms with Gasteiger partial charge in [-0.15, -0.1) is 0 Å². The predicted molar refractivity (Wildman–Crippen MR) is 91.1 cm³/mol. The number of epoxide rings is 1. The number of ether oxygens (including phenoxy) is 1. The van der Waals surface area contributed by atoms with Gasteiger partial charge in [-0.05, 0) is 25.2 Å². The molecule has 1 saturated heterocycles. The van der Waals surface area contributed by atoms with Crippen molar-refractivity contribution in [3.8, 4) is 0 Å². The van der Waals surface area contributed by atoms with Crippen molar-refractivity contribution in [2.45, 2.75) is 109 Å². The summed E-state index contributed by atoms with van der Waals surface area (Å²) in [5.41, 5.74) is 0. The Morgan fingerprint density at radius 3 is 2.40 bits per heavy atom. The zero-order valence-electron chi connectivity index (χ0n) is 14.1. The number of hydrogen-bond donors (Lipinski definition) is 0. The smallest absolute Gasteiger partial charge is 0.0844 e. The van der Waals surface area contributed by atoms with Crippen LogP contribution in [-0.4, -0.2) is 20.3 Å². The molecular formula is C18H36OSi. The predicted octanol–water partition coefficient (Wildman–Crippen LogP) is 6.01. The highest BCUT2D eigenvalue weighted by Gasteiger charge is 2.43. The summed E-state index contributed by atoms with van der Waals surface area (Å²) in [6.07, 6.45) is 15.8. The lowest BCUT2D eigenvalue weighted by Gasteiger charge is -2.26. The zero-order chi connectivity index (χ0) is 14.4. The van der Waals surface area contributed by atoms with Crippen molar-refractivity contribution in [3.63, 3.8) is 0 Å². The molecule has 2 aliphatic rings. The molecular weight excluding hydrogens is 260 g/mol. The van der Waals surface area contributed by atoms with Crippen molar-refractivity contribution < 1.29 is 4.74 Å². The summed E-state index contributed by atoms with van der Waals surface area (Å²) < 4.78 is 5.66. The van der Waals surface area contributed by atoms with Crippen LogP contribution in [0.5, 0.6) is 0 Å². The van der Waals surface area contributed by atoms with E-state index in [2.05, 4.69) is 20.0 Å². The van der Waals surface area contributed by atoms with Crippen molar-refractivity contribution in [2.24, 2.45) is 5.92 Å². The van der Waals surface area contributed by atoms with Crippen LogP contribution in [0.25, 0.3) is 0 Å². The van der Waals surface area contributed by atoms with Crippen molar-refractivity contribution in [1.29, 1.82) is 0 Å². The van der Waals surface area contributed by atoms with Gasteiger partial charge in [-0.1, -0.05) is 77.1 Å². The second kappa shape index (κ2) is 7.98.